The molecule has 0 aliphatic rings. The molecule has 2 N–H and O–H groups in total. The van der Waals surface area contributed by atoms with Gasteiger partial charge in [0.1, 0.15) is 5.82 Å². The van der Waals surface area contributed by atoms with Gasteiger partial charge in [0, 0.05) is 5.56 Å². The number of benzene rings is 1. The Balaban J connectivity index is 3.47. The number of carbonyl (C=O) groups is 1. The van der Waals surface area contributed by atoms with Gasteiger partial charge >= 0.3 is 5.97 Å². The van der Waals surface area contributed by atoms with Crippen LogP contribution in [0.3, 0.4) is 0 Å². The molecule has 0 aliphatic heterocycles. The number of sulfonamides is 1. The summed E-state index contributed by atoms with van der Waals surface area (Å²) in [6.45, 7) is 4.16. The highest BCUT2D eigenvalue weighted by Gasteiger charge is 2.27. The molecule has 0 atom stereocenters. The van der Waals surface area contributed by atoms with Gasteiger partial charge in [0.15, 0.2) is 0 Å². The third-order valence-corrected chi connectivity index (χ3v) is 4.37. The van der Waals surface area contributed by atoms with Gasteiger partial charge < -0.3 is 5.11 Å². The van der Waals surface area contributed by atoms with Gasteiger partial charge in [-0.3, -0.25) is 0 Å². The lowest BCUT2D eigenvalue weighted by Crippen LogP contribution is -2.42. The zero-order valence-corrected chi connectivity index (χ0v) is 12.0. The van der Waals surface area contributed by atoms with Crippen molar-refractivity contribution in [2.75, 3.05) is 0 Å². The Kier molecular flexibility index (Phi) is 4.22. The minimum absolute atomic E-state index is 0.171. The van der Waals surface area contributed by atoms with Crippen molar-refractivity contribution < 1.29 is 22.7 Å². The maximum absolute atomic E-state index is 13.6. The minimum Gasteiger partial charge on any atom is -0.478 e. The molecule has 7 heteroatoms. The zero-order chi connectivity index (χ0) is 15.7. The molecule has 1 rings (SSSR count). The molecule has 5 nitrogen and oxygen atoms in total. The number of aromatic carboxylic acids is 1. The highest BCUT2D eigenvalue weighted by molar-refractivity contribution is 7.89. The summed E-state index contributed by atoms with van der Waals surface area (Å²) in [5.41, 5.74) is -1.80. The third kappa shape index (κ3) is 3.35. The smallest absolute Gasteiger partial charge is 0.335 e. The van der Waals surface area contributed by atoms with Crippen LogP contribution < -0.4 is 4.72 Å². The second-order valence-corrected chi connectivity index (χ2v) is 6.41. The van der Waals surface area contributed by atoms with E-state index in [1.807, 2.05) is 0 Å². The molecule has 0 amide bonds. The van der Waals surface area contributed by atoms with E-state index in [1.54, 1.807) is 0 Å². The van der Waals surface area contributed by atoms with E-state index in [4.69, 9.17) is 11.5 Å². The molecule has 0 spiro atoms. The molecule has 0 radical (unpaired) electrons. The predicted octanol–water partition coefficient (Wildman–Crippen LogP) is 1.52. The second kappa shape index (κ2) is 5.23. The third-order valence-electron chi connectivity index (χ3n) is 2.58. The summed E-state index contributed by atoms with van der Waals surface area (Å²) in [5.74, 6) is -0.0947. The van der Waals surface area contributed by atoms with Crippen LogP contribution >= 0.6 is 0 Å². The Labute approximate surface area is 116 Å². The van der Waals surface area contributed by atoms with Gasteiger partial charge in [0.2, 0.25) is 10.0 Å². The first-order chi connectivity index (χ1) is 9.00. The van der Waals surface area contributed by atoms with Crippen LogP contribution in [-0.2, 0) is 10.0 Å². The first-order valence-corrected chi connectivity index (χ1v) is 7.03. The molecule has 0 unspecified atom stereocenters. The molecule has 0 saturated carbocycles. The Morgan fingerprint density at radius 3 is 2.45 bits per heavy atom. The molecule has 20 heavy (non-hydrogen) atoms. The number of nitrogens with one attached hydrogen (secondary N) is 1. The standard InChI is InChI=1S/C13H14FNO4S/c1-5-13(3,4)15-20(18,19)11-7-9(12(16)17)6-10(14)8(11)2/h1,6-7,15H,2-4H3,(H,16,17). The lowest BCUT2D eigenvalue weighted by atomic mass is 10.1. The first-order valence-electron chi connectivity index (χ1n) is 5.55. The minimum atomic E-state index is -4.14. The van der Waals surface area contributed by atoms with Crippen molar-refractivity contribution in [3.8, 4) is 12.3 Å². The topological polar surface area (TPSA) is 83.5 Å². The van der Waals surface area contributed by atoms with E-state index in [1.165, 1.54) is 20.8 Å². The molecule has 0 aromatic heterocycles. The van der Waals surface area contributed by atoms with E-state index in [-0.39, 0.29) is 5.56 Å². The normalized spacial score (nSPS) is 11.9. The number of hydrogen-bond acceptors (Lipinski definition) is 3. The molecule has 1 aromatic carbocycles. The summed E-state index contributed by atoms with van der Waals surface area (Å²) in [5, 5.41) is 8.85. The largest absolute Gasteiger partial charge is 0.478 e. The average molecular weight is 299 g/mol. The summed E-state index contributed by atoms with van der Waals surface area (Å²) in [7, 11) is -4.14. The van der Waals surface area contributed by atoms with Gasteiger partial charge in [-0.05, 0) is 32.9 Å². The highest BCUT2D eigenvalue weighted by Crippen LogP contribution is 2.22. The number of carboxylic acid groups (broad SMARTS) is 1. The molecule has 0 aliphatic carbocycles. The number of carboxylic acids is 1. The molecule has 1 aromatic rings. The summed E-state index contributed by atoms with van der Waals surface area (Å²) in [6.07, 6.45) is 5.19. The van der Waals surface area contributed by atoms with E-state index in [0.29, 0.717) is 0 Å². The van der Waals surface area contributed by atoms with Crippen LogP contribution in [0.15, 0.2) is 17.0 Å². The molecule has 108 valence electrons. The monoisotopic (exact) mass is 299 g/mol. The number of rotatable bonds is 4. The molecular formula is C13H14FNO4S. The van der Waals surface area contributed by atoms with Crippen LogP contribution in [0.1, 0.15) is 29.8 Å². The summed E-state index contributed by atoms with van der Waals surface area (Å²) >= 11 is 0. The predicted molar refractivity (Wildman–Crippen MR) is 71.3 cm³/mol. The molecule has 0 fully saturated rings. The number of hydrogen-bond donors (Lipinski definition) is 2. The van der Waals surface area contributed by atoms with Crippen molar-refractivity contribution in [2.24, 2.45) is 0 Å². The number of halogens is 1. The second-order valence-electron chi connectivity index (χ2n) is 4.76. The number of terminal acetylenes is 1. The maximum atomic E-state index is 13.6. The quantitative estimate of drug-likeness (QED) is 0.826. The van der Waals surface area contributed by atoms with E-state index >= 15 is 0 Å². The molecule has 0 heterocycles. The Morgan fingerprint density at radius 1 is 1.45 bits per heavy atom. The lowest BCUT2D eigenvalue weighted by Gasteiger charge is -2.20. The van der Waals surface area contributed by atoms with Crippen LogP contribution in [0.5, 0.6) is 0 Å². The van der Waals surface area contributed by atoms with E-state index in [9.17, 15) is 17.6 Å². The van der Waals surface area contributed by atoms with Crippen LogP contribution in [0.25, 0.3) is 0 Å². The lowest BCUT2D eigenvalue weighted by molar-refractivity contribution is 0.0696. The van der Waals surface area contributed by atoms with Crippen LogP contribution in [-0.4, -0.2) is 25.0 Å². The van der Waals surface area contributed by atoms with Crippen LogP contribution in [0.4, 0.5) is 4.39 Å². The summed E-state index contributed by atoms with van der Waals surface area (Å²) in [4.78, 5) is 10.4. The van der Waals surface area contributed by atoms with Crippen molar-refractivity contribution in [1.29, 1.82) is 0 Å². The highest BCUT2D eigenvalue weighted by atomic mass is 32.2. The van der Waals surface area contributed by atoms with Gasteiger partial charge in [-0.1, -0.05) is 5.92 Å². The first kappa shape index (κ1) is 16.1. The van der Waals surface area contributed by atoms with E-state index < -0.39 is 37.8 Å². The van der Waals surface area contributed by atoms with E-state index in [0.717, 1.165) is 12.1 Å². The van der Waals surface area contributed by atoms with Crippen LogP contribution in [0.2, 0.25) is 0 Å². The van der Waals surface area contributed by atoms with Gasteiger partial charge in [-0.25, -0.2) is 17.6 Å². The fraction of sp³-hybridized carbons (Fsp3) is 0.308. The Hall–Kier alpha value is -1.91. The SMILES string of the molecule is C#CC(C)(C)NS(=O)(=O)c1cc(C(=O)O)cc(F)c1C. The van der Waals surface area contributed by atoms with Gasteiger partial charge in [0.05, 0.1) is 16.0 Å². The van der Waals surface area contributed by atoms with Crippen molar-refractivity contribution in [3.63, 3.8) is 0 Å². The van der Waals surface area contributed by atoms with Crippen LogP contribution in [0, 0.1) is 25.1 Å². The maximum Gasteiger partial charge on any atom is 0.335 e. The Bertz CT molecular complexity index is 702. The molecular weight excluding hydrogens is 285 g/mol. The van der Waals surface area contributed by atoms with E-state index in [2.05, 4.69) is 10.6 Å². The summed E-state index contributed by atoms with van der Waals surface area (Å²) in [6, 6.07) is 1.67. The van der Waals surface area contributed by atoms with Crippen molar-refractivity contribution in [2.45, 2.75) is 31.2 Å². The van der Waals surface area contributed by atoms with Crippen molar-refractivity contribution in [3.05, 3.63) is 29.1 Å². The van der Waals surface area contributed by atoms with Gasteiger partial charge in [-0.15, -0.1) is 6.42 Å². The average Bonchev–Trinajstić information content (AvgIpc) is 2.30. The fourth-order valence-corrected chi connectivity index (χ4v) is 3.10. The van der Waals surface area contributed by atoms with Gasteiger partial charge in [-0.2, -0.15) is 4.72 Å². The van der Waals surface area contributed by atoms with Crippen molar-refractivity contribution >= 4 is 16.0 Å². The Morgan fingerprint density at radius 2 is 2.00 bits per heavy atom. The molecule has 0 saturated heterocycles. The fourth-order valence-electron chi connectivity index (χ4n) is 1.48. The zero-order valence-electron chi connectivity index (χ0n) is 11.2. The molecule has 0 bridgehead atoms. The summed E-state index contributed by atoms with van der Waals surface area (Å²) < 4.78 is 40.2. The van der Waals surface area contributed by atoms with Gasteiger partial charge in [0.25, 0.3) is 0 Å². The van der Waals surface area contributed by atoms with Crippen molar-refractivity contribution in [1.82, 2.24) is 4.72 Å².